The molecule has 0 aromatic heterocycles. The van der Waals surface area contributed by atoms with Crippen molar-refractivity contribution in [3.63, 3.8) is 0 Å². The van der Waals surface area contributed by atoms with Crippen LogP contribution in [0.3, 0.4) is 0 Å². The smallest absolute Gasteiger partial charge is 0.472 e. The van der Waals surface area contributed by atoms with Gasteiger partial charge in [0.05, 0.1) is 13.2 Å². The third-order valence-electron chi connectivity index (χ3n) is 9.86. The molecule has 338 valence electrons. The van der Waals surface area contributed by atoms with Crippen molar-refractivity contribution in [2.24, 2.45) is 5.73 Å². The molecule has 4 N–H and O–H groups in total. The normalized spacial score (nSPS) is 14.0. The maximum absolute atomic E-state index is 12.6. The highest BCUT2D eigenvalue weighted by atomic mass is 31.2. The molecule has 0 aliphatic carbocycles. The summed E-state index contributed by atoms with van der Waals surface area (Å²) in [5.41, 5.74) is 5.34. The van der Waals surface area contributed by atoms with Gasteiger partial charge in [-0.05, 0) is 70.6 Å². The van der Waals surface area contributed by atoms with Crippen LogP contribution in [0.4, 0.5) is 0 Å². The van der Waals surface area contributed by atoms with Crippen molar-refractivity contribution >= 4 is 25.7 Å². The lowest BCUT2D eigenvalue weighted by Gasteiger charge is -2.20. The molecule has 0 aliphatic rings. The number of ether oxygens (including phenoxy) is 2. The Morgan fingerprint density at radius 1 is 0.534 bits per heavy atom. The predicted octanol–water partition coefficient (Wildman–Crippen LogP) is 12.4. The zero-order chi connectivity index (χ0) is 42.8. The van der Waals surface area contributed by atoms with Gasteiger partial charge in [0.25, 0.3) is 0 Å². The minimum atomic E-state index is -4.72. The Balaban J connectivity index is 4.34. The zero-order valence-corrected chi connectivity index (χ0v) is 37.5. The van der Waals surface area contributed by atoms with Gasteiger partial charge in [0.15, 0.2) is 6.10 Å². The molecular formula is C46H84NO10P. The average molecular weight is 842 g/mol. The van der Waals surface area contributed by atoms with E-state index in [4.69, 9.17) is 24.8 Å². The number of carbonyl (C=O) groups excluding carboxylic acids is 2. The van der Waals surface area contributed by atoms with E-state index in [1.807, 2.05) is 0 Å². The number of rotatable bonds is 43. The van der Waals surface area contributed by atoms with Crippen molar-refractivity contribution in [2.45, 2.75) is 219 Å². The van der Waals surface area contributed by atoms with Crippen LogP contribution in [0, 0.1) is 0 Å². The number of carboxylic acid groups (broad SMARTS) is 1. The second-order valence-corrected chi connectivity index (χ2v) is 17.0. The molecular weight excluding hydrogens is 757 g/mol. The molecule has 3 atom stereocenters. The number of carboxylic acids is 1. The second kappa shape index (κ2) is 41.4. The maximum atomic E-state index is 12.6. The maximum Gasteiger partial charge on any atom is 0.472 e. The van der Waals surface area contributed by atoms with Crippen LogP contribution >= 0.6 is 7.82 Å². The van der Waals surface area contributed by atoms with Crippen molar-refractivity contribution in [1.82, 2.24) is 0 Å². The Labute approximate surface area is 353 Å². The number of allylic oxidation sites excluding steroid dienone is 6. The number of unbranched alkanes of at least 4 members (excludes halogenated alkanes) is 23. The monoisotopic (exact) mass is 842 g/mol. The Morgan fingerprint density at radius 3 is 1.40 bits per heavy atom. The number of hydrogen-bond acceptors (Lipinski definition) is 9. The van der Waals surface area contributed by atoms with Gasteiger partial charge in [-0.15, -0.1) is 0 Å². The van der Waals surface area contributed by atoms with E-state index in [1.54, 1.807) is 0 Å². The molecule has 0 radical (unpaired) electrons. The number of aliphatic carboxylic acids is 1. The SMILES string of the molecule is CCCCC/C=C\C/C=C\CCCCCCCCCC(=O)OC(COC(=O)CCCCCCCCC/C=C\CCCCCCCC)COP(=O)(O)OCC(N)C(=O)O. The van der Waals surface area contributed by atoms with Gasteiger partial charge in [0.1, 0.15) is 12.6 Å². The Morgan fingerprint density at radius 2 is 0.914 bits per heavy atom. The number of phosphoric ester groups is 1. The van der Waals surface area contributed by atoms with E-state index in [0.717, 1.165) is 64.2 Å². The van der Waals surface area contributed by atoms with Crippen LogP contribution < -0.4 is 5.73 Å². The first kappa shape index (κ1) is 55.7. The Hall–Kier alpha value is -2.30. The molecule has 0 aliphatic heterocycles. The standard InChI is InChI=1S/C46H84NO10P/c1-3-5-7-9-11-13-15-17-19-21-23-25-27-29-31-33-35-37-44(48)54-39-42(40-55-58(52,53)56-41-43(47)46(50)51)57-45(49)38-36-34-32-30-28-26-24-22-20-18-16-14-12-10-8-6-4-2/h12,14,17-20,42-43H,3-11,13,15-16,21-41,47H2,1-2H3,(H,50,51)(H,52,53)/b14-12-,19-17-,20-18-. The van der Waals surface area contributed by atoms with Gasteiger partial charge in [-0.2, -0.15) is 0 Å². The van der Waals surface area contributed by atoms with E-state index < -0.39 is 51.1 Å². The summed E-state index contributed by atoms with van der Waals surface area (Å²) < 4.78 is 32.7. The third-order valence-corrected chi connectivity index (χ3v) is 10.8. The van der Waals surface area contributed by atoms with Crippen LogP contribution in [-0.4, -0.2) is 59.9 Å². The molecule has 12 heteroatoms. The number of esters is 2. The van der Waals surface area contributed by atoms with Crippen LogP contribution in [0.1, 0.15) is 206 Å². The first-order valence-electron chi connectivity index (χ1n) is 23.0. The lowest BCUT2D eigenvalue weighted by Crippen LogP contribution is -2.34. The molecule has 0 amide bonds. The minimum Gasteiger partial charge on any atom is -0.480 e. The fourth-order valence-electron chi connectivity index (χ4n) is 6.21. The average Bonchev–Trinajstić information content (AvgIpc) is 3.20. The summed E-state index contributed by atoms with van der Waals surface area (Å²) in [6.45, 7) is 2.77. The zero-order valence-electron chi connectivity index (χ0n) is 36.6. The van der Waals surface area contributed by atoms with E-state index in [-0.39, 0.29) is 19.4 Å². The molecule has 58 heavy (non-hydrogen) atoms. The molecule has 0 rings (SSSR count). The summed E-state index contributed by atoms with van der Waals surface area (Å²) in [7, 11) is -4.72. The molecule has 0 fully saturated rings. The Kier molecular flexibility index (Phi) is 39.8. The van der Waals surface area contributed by atoms with Gasteiger partial charge in [0, 0.05) is 12.8 Å². The van der Waals surface area contributed by atoms with Gasteiger partial charge in [-0.1, -0.05) is 159 Å². The topological polar surface area (TPSA) is 172 Å². The number of carbonyl (C=O) groups is 3. The number of phosphoric acid groups is 1. The summed E-state index contributed by atoms with van der Waals surface area (Å²) in [6, 6.07) is -1.52. The third kappa shape index (κ3) is 40.5. The number of hydrogen-bond donors (Lipinski definition) is 3. The molecule has 0 aromatic rings. The first-order valence-corrected chi connectivity index (χ1v) is 24.5. The molecule has 0 heterocycles. The molecule has 0 saturated heterocycles. The first-order chi connectivity index (χ1) is 28.1. The second-order valence-electron chi connectivity index (χ2n) is 15.5. The van der Waals surface area contributed by atoms with Crippen LogP contribution in [0.15, 0.2) is 36.5 Å². The molecule has 11 nitrogen and oxygen atoms in total. The summed E-state index contributed by atoms with van der Waals surface area (Å²) in [4.78, 5) is 46.0. The predicted molar refractivity (Wildman–Crippen MR) is 235 cm³/mol. The van der Waals surface area contributed by atoms with E-state index in [1.165, 1.54) is 103 Å². The highest BCUT2D eigenvalue weighted by molar-refractivity contribution is 7.47. The quantitative estimate of drug-likeness (QED) is 0.0231. The molecule has 0 saturated carbocycles. The lowest BCUT2D eigenvalue weighted by molar-refractivity contribution is -0.161. The van der Waals surface area contributed by atoms with Crippen molar-refractivity contribution in [3.05, 3.63) is 36.5 Å². The summed E-state index contributed by atoms with van der Waals surface area (Å²) >= 11 is 0. The Bertz CT molecular complexity index is 1130. The molecule has 0 bridgehead atoms. The van der Waals surface area contributed by atoms with Gasteiger partial charge in [0.2, 0.25) is 0 Å². The molecule has 3 unspecified atom stereocenters. The number of nitrogens with two attached hydrogens (primary N) is 1. The highest BCUT2D eigenvalue weighted by Crippen LogP contribution is 2.43. The lowest BCUT2D eigenvalue weighted by atomic mass is 10.1. The molecule has 0 aromatic carbocycles. The minimum absolute atomic E-state index is 0.152. The summed E-state index contributed by atoms with van der Waals surface area (Å²) in [5, 5.41) is 8.90. The van der Waals surface area contributed by atoms with E-state index in [2.05, 4.69) is 54.8 Å². The van der Waals surface area contributed by atoms with Crippen molar-refractivity contribution < 1.29 is 47.5 Å². The van der Waals surface area contributed by atoms with E-state index >= 15 is 0 Å². The van der Waals surface area contributed by atoms with Gasteiger partial charge < -0.3 is 25.2 Å². The van der Waals surface area contributed by atoms with Crippen LogP contribution in [-0.2, 0) is 37.5 Å². The van der Waals surface area contributed by atoms with Crippen molar-refractivity contribution in [2.75, 3.05) is 19.8 Å². The fraction of sp³-hybridized carbons (Fsp3) is 0.804. The van der Waals surface area contributed by atoms with Crippen LogP contribution in [0.5, 0.6) is 0 Å². The van der Waals surface area contributed by atoms with Gasteiger partial charge in [-0.3, -0.25) is 23.4 Å². The largest absolute Gasteiger partial charge is 0.480 e. The van der Waals surface area contributed by atoms with Crippen LogP contribution in [0.25, 0.3) is 0 Å². The van der Waals surface area contributed by atoms with Crippen molar-refractivity contribution in [1.29, 1.82) is 0 Å². The van der Waals surface area contributed by atoms with E-state index in [9.17, 15) is 23.8 Å². The van der Waals surface area contributed by atoms with E-state index in [0.29, 0.717) is 12.8 Å². The van der Waals surface area contributed by atoms with Gasteiger partial charge >= 0.3 is 25.7 Å². The van der Waals surface area contributed by atoms with Gasteiger partial charge in [-0.25, -0.2) is 4.57 Å². The molecule has 0 spiro atoms. The van der Waals surface area contributed by atoms with Crippen molar-refractivity contribution in [3.8, 4) is 0 Å². The summed E-state index contributed by atoms with van der Waals surface area (Å²) in [5.74, 6) is -2.39. The summed E-state index contributed by atoms with van der Waals surface area (Å²) in [6.07, 6.45) is 44.8. The fourth-order valence-corrected chi connectivity index (χ4v) is 6.99. The van der Waals surface area contributed by atoms with Crippen LogP contribution in [0.2, 0.25) is 0 Å². The highest BCUT2D eigenvalue weighted by Gasteiger charge is 2.28.